The van der Waals surface area contributed by atoms with Crippen LogP contribution in [0, 0.1) is 0 Å². The van der Waals surface area contributed by atoms with E-state index in [9.17, 15) is 4.79 Å². The Labute approximate surface area is 172 Å². The van der Waals surface area contributed by atoms with Crippen molar-refractivity contribution < 1.29 is 23.7 Å². The minimum absolute atomic E-state index is 0.131. The van der Waals surface area contributed by atoms with Gasteiger partial charge in [0.25, 0.3) is 5.91 Å². The molecule has 0 bridgehead atoms. The predicted molar refractivity (Wildman–Crippen MR) is 108 cm³/mol. The van der Waals surface area contributed by atoms with Gasteiger partial charge in [-0.15, -0.1) is 0 Å². The summed E-state index contributed by atoms with van der Waals surface area (Å²) >= 11 is 3.48. The maximum Gasteiger partial charge on any atom is 0.253 e. The Bertz CT molecular complexity index is 885. The highest BCUT2D eigenvalue weighted by Crippen LogP contribution is 2.37. The molecule has 148 valence electrons. The van der Waals surface area contributed by atoms with E-state index < -0.39 is 0 Å². The van der Waals surface area contributed by atoms with Crippen molar-refractivity contribution in [3.63, 3.8) is 0 Å². The van der Waals surface area contributed by atoms with E-state index in [4.69, 9.17) is 18.9 Å². The van der Waals surface area contributed by atoms with Crippen molar-refractivity contribution in [2.45, 2.75) is 25.8 Å². The summed E-state index contributed by atoms with van der Waals surface area (Å²) in [5.41, 5.74) is 1.51. The zero-order chi connectivity index (χ0) is 19.5. The number of amides is 1. The lowest BCUT2D eigenvalue weighted by Gasteiger charge is -2.24. The van der Waals surface area contributed by atoms with Crippen molar-refractivity contribution in [3.05, 3.63) is 45.9 Å². The summed E-state index contributed by atoms with van der Waals surface area (Å²) in [5, 5.41) is 3.14. The summed E-state index contributed by atoms with van der Waals surface area (Å²) in [4.78, 5) is 13.0. The summed E-state index contributed by atoms with van der Waals surface area (Å²) in [6.45, 7) is 4.17. The van der Waals surface area contributed by atoms with Crippen LogP contribution in [0.25, 0.3) is 0 Å². The number of fused-ring (bicyclic) bond motifs is 2. The largest absolute Gasteiger partial charge is 0.486 e. The van der Waals surface area contributed by atoms with E-state index >= 15 is 0 Å². The van der Waals surface area contributed by atoms with Crippen LogP contribution in [-0.4, -0.2) is 32.3 Å². The molecule has 0 aromatic heterocycles. The first-order valence-corrected chi connectivity index (χ1v) is 10.2. The maximum absolute atomic E-state index is 13.0. The number of benzene rings is 2. The minimum Gasteiger partial charge on any atom is -0.486 e. The van der Waals surface area contributed by atoms with E-state index in [1.165, 1.54) is 0 Å². The highest BCUT2D eigenvalue weighted by Gasteiger charge is 2.22. The Morgan fingerprint density at radius 3 is 2.25 bits per heavy atom. The molecule has 1 amide bonds. The van der Waals surface area contributed by atoms with E-state index in [1.54, 1.807) is 12.1 Å². The van der Waals surface area contributed by atoms with Crippen LogP contribution < -0.4 is 24.3 Å². The van der Waals surface area contributed by atoms with Gasteiger partial charge in [0.2, 0.25) is 0 Å². The predicted octanol–water partition coefficient (Wildman–Crippen LogP) is 4.26. The second-order valence-corrected chi connectivity index (χ2v) is 7.55. The van der Waals surface area contributed by atoms with Crippen LogP contribution in [0.1, 0.15) is 41.7 Å². The molecule has 4 rings (SSSR count). The average Bonchev–Trinajstić information content (AvgIpc) is 2.72. The number of hydrogen-bond donors (Lipinski definition) is 1. The lowest BCUT2D eigenvalue weighted by atomic mass is 10.0. The molecular formula is C21H22BrNO5. The fraction of sp³-hybridized carbons (Fsp3) is 0.381. The maximum atomic E-state index is 13.0. The Hall–Kier alpha value is -2.41. The zero-order valence-electron chi connectivity index (χ0n) is 15.6. The first-order valence-electron chi connectivity index (χ1n) is 9.45. The molecule has 0 saturated heterocycles. The fourth-order valence-electron chi connectivity index (χ4n) is 3.36. The quantitative estimate of drug-likeness (QED) is 0.741. The zero-order valence-corrected chi connectivity index (χ0v) is 17.2. The summed E-state index contributed by atoms with van der Waals surface area (Å²) in [6.07, 6.45) is 1.75. The molecule has 2 aromatic rings. The first-order chi connectivity index (χ1) is 13.7. The number of halogens is 1. The summed E-state index contributed by atoms with van der Waals surface area (Å²) in [6, 6.07) is 9.20. The van der Waals surface area contributed by atoms with E-state index in [0.29, 0.717) is 48.0 Å². The van der Waals surface area contributed by atoms with Crippen LogP contribution in [0.4, 0.5) is 0 Å². The Morgan fingerprint density at radius 1 is 0.964 bits per heavy atom. The standard InChI is InChI=1S/C21H22BrNO5/c1-2-3-16(13-4-5-17-18(10-13)26-7-6-25-17)23-21(24)14-11-19-20(12-15(14)22)28-9-8-27-19/h4-5,10-12,16H,2-3,6-9H2,1H3,(H,23,24). The van der Waals surface area contributed by atoms with Crippen LogP contribution in [0.2, 0.25) is 0 Å². The lowest BCUT2D eigenvalue weighted by Crippen LogP contribution is -2.29. The van der Waals surface area contributed by atoms with E-state index in [0.717, 1.165) is 29.9 Å². The molecule has 7 heteroatoms. The number of rotatable bonds is 5. The molecule has 1 unspecified atom stereocenters. The summed E-state index contributed by atoms with van der Waals surface area (Å²) in [5.74, 6) is 2.53. The van der Waals surface area contributed by atoms with Gasteiger partial charge in [0.05, 0.1) is 11.6 Å². The van der Waals surface area contributed by atoms with Crippen LogP contribution >= 0.6 is 15.9 Å². The molecule has 2 aliphatic rings. The average molecular weight is 448 g/mol. The third-order valence-corrected chi connectivity index (χ3v) is 5.38. The van der Waals surface area contributed by atoms with Gasteiger partial charge in [0, 0.05) is 4.47 Å². The molecule has 0 spiro atoms. The van der Waals surface area contributed by atoms with E-state index in [-0.39, 0.29) is 11.9 Å². The minimum atomic E-state index is -0.169. The number of nitrogens with one attached hydrogen (secondary N) is 1. The molecule has 0 fully saturated rings. The van der Waals surface area contributed by atoms with Gasteiger partial charge in [-0.05, 0) is 52.2 Å². The number of carbonyl (C=O) groups excluding carboxylic acids is 1. The molecule has 2 aliphatic heterocycles. The molecule has 28 heavy (non-hydrogen) atoms. The van der Waals surface area contributed by atoms with Crippen LogP contribution in [0.3, 0.4) is 0 Å². The highest BCUT2D eigenvalue weighted by molar-refractivity contribution is 9.10. The van der Waals surface area contributed by atoms with Gasteiger partial charge in [-0.3, -0.25) is 4.79 Å². The van der Waals surface area contributed by atoms with Gasteiger partial charge in [0.15, 0.2) is 23.0 Å². The number of hydrogen-bond acceptors (Lipinski definition) is 5. The normalized spacial score (nSPS) is 15.6. The molecule has 2 aromatic carbocycles. The number of carbonyl (C=O) groups is 1. The molecule has 0 saturated carbocycles. The topological polar surface area (TPSA) is 66.0 Å². The molecule has 1 N–H and O–H groups in total. The molecular weight excluding hydrogens is 426 g/mol. The van der Waals surface area contributed by atoms with Crippen molar-refractivity contribution in [1.82, 2.24) is 5.32 Å². The van der Waals surface area contributed by atoms with E-state index in [2.05, 4.69) is 28.2 Å². The Morgan fingerprint density at radius 2 is 1.57 bits per heavy atom. The fourth-order valence-corrected chi connectivity index (χ4v) is 3.86. The van der Waals surface area contributed by atoms with Gasteiger partial charge in [-0.2, -0.15) is 0 Å². The third kappa shape index (κ3) is 3.90. The highest BCUT2D eigenvalue weighted by atomic mass is 79.9. The molecule has 0 aliphatic carbocycles. The second kappa shape index (κ2) is 8.31. The van der Waals surface area contributed by atoms with Crippen molar-refractivity contribution in [1.29, 1.82) is 0 Å². The molecule has 0 radical (unpaired) electrons. The van der Waals surface area contributed by atoms with Gasteiger partial charge in [-0.1, -0.05) is 19.4 Å². The molecule has 1 atom stereocenters. The first kappa shape index (κ1) is 18.9. The van der Waals surface area contributed by atoms with Crippen LogP contribution in [-0.2, 0) is 0 Å². The Balaban J connectivity index is 1.57. The molecule has 6 nitrogen and oxygen atoms in total. The van der Waals surface area contributed by atoms with Crippen molar-refractivity contribution in [2.24, 2.45) is 0 Å². The summed E-state index contributed by atoms with van der Waals surface area (Å²) < 4.78 is 23.1. The van der Waals surface area contributed by atoms with Gasteiger partial charge >= 0.3 is 0 Å². The number of ether oxygens (including phenoxy) is 4. The van der Waals surface area contributed by atoms with Crippen molar-refractivity contribution >= 4 is 21.8 Å². The van der Waals surface area contributed by atoms with Crippen molar-refractivity contribution in [2.75, 3.05) is 26.4 Å². The van der Waals surface area contributed by atoms with Crippen LogP contribution in [0.15, 0.2) is 34.8 Å². The van der Waals surface area contributed by atoms with Gasteiger partial charge in [-0.25, -0.2) is 0 Å². The smallest absolute Gasteiger partial charge is 0.253 e. The summed E-state index contributed by atoms with van der Waals surface area (Å²) in [7, 11) is 0. The van der Waals surface area contributed by atoms with E-state index in [1.807, 2.05) is 18.2 Å². The SMILES string of the molecule is CCCC(NC(=O)c1cc2c(cc1Br)OCCO2)c1ccc2c(c1)OCCO2. The van der Waals surface area contributed by atoms with Crippen LogP contribution in [0.5, 0.6) is 23.0 Å². The second-order valence-electron chi connectivity index (χ2n) is 6.69. The van der Waals surface area contributed by atoms with Crippen molar-refractivity contribution in [3.8, 4) is 23.0 Å². The Kier molecular flexibility index (Phi) is 5.62. The third-order valence-electron chi connectivity index (χ3n) is 4.73. The van der Waals surface area contributed by atoms with Gasteiger partial charge in [0.1, 0.15) is 26.4 Å². The lowest BCUT2D eigenvalue weighted by molar-refractivity contribution is 0.0932. The monoisotopic (exact) mass is 447 g/mol. The molecule has 2 heterocycles. The van der Waals surface area contributed by atoms with Gasteiger partial charge < -0.3 is 24.3 Å².